The molecule has 2 heterocycles. The molecular weight excluding hydrogens is 234 g/mol. The van der Waals surface area contributed by atoms with E-state index in [9.17, 15) is 9.59 Å². The molecule has 1 aliphatic rings. The first-order valence-electron chi connectivity index (χ1n) is 5.75. The van der Waals surface area contributed by atoms with Crippen molar-refractivity contribution in [1.29, 1.82) is 0 Å². The van der Waals surface area contributed by atoms with Crippen LogP contribution in [0.2, 0.25) is 0 Å². The maximum absolute atomic E-state index is 11.8. The number of hydrogen-bond acceptors (Lipinski definition) is 3. The topological polar surface area (TPSA) is 75.4 Å². The van der Waals surface area contributed by atoms with Crippen molar-refractivity contribution in [1.82, 2.24) is 14.7 Å². The van der Waals surface area contributed by atoms with E-state index >= 15 is 0 Å². The van der Waals surface area contributed by atoms with Gasteiger partial charge >= 0.3 is 5.97 Å². The highest BCUT2D eigenvalue weighted by atomic mass is 16.4. The minimum atomic E-state index is -0.832. The molecule has 1 N–H and O–H groups in total. The normalized spacial score (nSPS) is 19.6. The second kappa shape index (κ2) is 5.03. The van der Waals surface area contributed by atoms with Crippen LogP contribution in [0.4, 0.5) is 0 Å². The van der Waals surface area contributed by atoms with Crippen LogP contribution in [-0.2, 0) is 16.6 Å². The van der Waals surface area contributed by atoms with Crippen LogP contribution in [0.3, 0.4) is 0 Å². The molecule has 1 amide bonds. The molecule has 6 nitrogen and oxygen atoms in total. The fraction of sp³-hybridized carbons (Fsp3) is 0.417. The highest BCUT2D eigenvalue weighted by Gasteiger charge is 2.29. The monoisotopic (exact) mass is 249 g/mol. The summed E-state index contributed by atoms with van der Waals surface area (Å²) < 4.78 is 1.66. The van der Waals surface area contributed by atoms with Crippen molar-refractivity contribution < 1.29 is 14.7 Å². The van der Waals surface area contributed by atoms with Crippen molar-refractivity contribution in [2.45, 2.75) is 6.42 Å². The molecular formula is C12H15N3O3. The lowest BCUT2D eigenvalue weighted by Gasteiger charge is -2.12. The fourth-order valence-corrected chi connectivity index (χ4v) is 1.97. The Hall–Kier alpha value is -2.11. The average molecular weight is 249 g/mol. The summed E-state index contributed by atoms with van der Waals surface area (Å²) in [7, 11) is 1.79. The molecule has 0 aromatic carbocycles. The minimum absolute atomic E-state index is 0.153. The Morgan fingerprint density at radius 1 is 1.56 bits per heavy atom. The van der Waals surface area contributed by atoms with Crippen LogP contribution in [0.25, 0.3) is 6.08 Å². The molecule has 1 saturated heterocycles. The largest absolute Gasteiger partial charge is 0.481 e. The van der Waals surface area contributed by atoms with E-state index in [1.165, 1.54) is 6.08 Å². The van der Waals surface area contributed by atoms with E-state index in [0.717, 1.165) is 5.69 Å². The molecule has 0 bridgehead atoms. The summed E-state index contributed by atoms with van der Waals surface area (Å²) in [5.41, 5.74) is 0.831. The van der Waals surface area contributed by atoms with Crippen LogP contribution in [0, 0.1) is 5.92 Å². The zero-order chi connectivity index (χ0) is 13.1. The Balaban J connectivity index is 1.95. The van der Waals surface area contributed by atoms with Gasteiger partial charge in [-0.25, -0.2) is 0 Å². The van der Waals surface area contributed by atoms with Gasteiger partial charge in [0.15, 0.2) is 0 Å². The molecule has 18 heavy (non-hydrogen) atoms. The van der Waals surface area contributed by atoms with Crippen molar-refractivity contribution in [3.05, 3.63) is 24.0 Å². The number of hydrogen-bond donors (Lipinski definition) is 1. The predicted molar refractivity (Wildman–Crippen MR) is 64.6 cm³/mol. The lowest BCUT2D eigenvalue weighted by atomic mass is 10.1. The maximum atomic E-state index is 11.8. The van der Waals surface area contributed by atoms with E-state index < -0.39 is 11.9 Å². The summed E-state index contributed by atoms with van der Waals surface area (Å²) in [6, 6.07) is 1.80. The number of carbonyl (C=O) groups excluding carboxylic acids is 1. The van der Waals surface area contributed by atoms with E-state index in [-0.39, 0.29) is 5.91 Å². The molecule has 0 unspecified atom stereocenters. The molecule has 0 aliphatic carbocycles. The van der Waals surface area contributed by atoms with Gasteiger partial charge in [0, 0.05) is 32.4 Å². The fourth-order valence-electron chi connectivity index (χ4n) is 1.97. The number of likely N-dealkylation sites (tertiary alicyclic amines) is 1. The SMILES string of the molecule is Cn1nccc1/C=C\C(=O)N1CC[C@@H](C(=O)O)C1. The number of aliphatic carboxylic acids is 1. The van der Waals surface area contributed by atoms with Crippen molar-refractivity contribution in [3.63, 3.8) is 0 Å². The number of amides is 1. The Bertz CT molecular complexity index is 493. The van der Waals surface area contributed by atoms with E-state index in [1.807, 2.05) is 0 Å². The summed E-state index contributed by atoms with van der Waals surface area (Å²) >= 11 is 0. The Morgan fingerprint density at radius 3 is 2.89 bits per heavy atom. The molecule has 2 rings (SSSR count). The first-order valence-corrected chi connectivity index (χ1v) is 5.75. The first-order chi connectivity index (χ1) is 8.58. The number of aryl methyl sites for hydroxylation is 1. The number of rotatable bonds is 3. The van der Waals surface area contributed by atoms with Crippen molar-refractivity contribution >= 4 is 18.0 Å². The van der Waals surface area contributed by atoms with Gasteiger partial charge in [0.05, 0.1) is 11.6 Å². The summed E-state index contributed by atoms with van der Waals surface area (Å²) in [5.74, 6) is -1.42. The predicted octanol–water partition coefficient (Wildman–Crippen LogP) is 0.366. The molecule has 0 spiro atoms. The summed E-state index contributed by atoms with van der Waals surface area (Å²) in [6.45, 7) is 0.801. The van der Waals surface area contributed by atoms with E-state index in [2.05, 4.69) is 5.10 Å². The number of nitrogens with zero attached hydrogens (tertiary/aromatic N) is 3. The zero-order valence-corrected chi connectivity index (χ0v) is 10.1. The molecule has 1 atom stereocenters. The van der Waals surface area contributed by atoms with Crippen LogP contribution in [-0.4, -0.2) is 44.8 Å². The zero-order valence-electron chi connectivity index (χ0n) is 10.1. The quantitative estimate of drug-likeness (QED) is 0.785. The van der Waals surface area contributed by atoms with Crippen LogP contribution in [0.1, 0.15) is 12.1 Å². The van der Waals surface area contributed by atoms with Gasteiger partial charge in [-0.3, -0.25) is 14.3 Å². The van der Waals surface area contributed by atoms with Crippen molar-refractivity contribution in [2.75, 3.05) is 13.1 Å². The second-order valence-electron chi connectivity index (χ2n) is 4.32. The van der Waals surface area contributed by atoms with Crippen LogP contribution >= 0.6 is 0 Å². The molecule has 96 valence electrons. The standard InChI is InChI=1S/C12H15N3O3/c1-14-10(4-6-13-14)2-3-11(16)15-7-5-9(8-15)12(17)18/h2-4,6,9H,5,7-8H2,1H3,(H,17,18)/b3-2-/t9-/m1/s1. The van der Waals surface area contributed by atoms with Gasteiger partial charge in [-0.2, -0.15) is 5.10 Å². The third kappa shape index (κ3) is 2.58. The molecule has 6 heteroatoms. The Labute approximate surface area is 105 Å². The number of carboxylic acids is 1. The number of carbonyl (C=O) groups is 2. The third-order valence-corrected chi connectivity index (χ3v) is 3.10. The van der Waals surface area contributed by atoms with Gasteiger partial charge in [0.25, 0.3) is 0 Å². The first kappa shape index (κ1) is 12.3. The second-order valence-corrected chi connectivity index (χ2v) is 4.32. The van der Waals surface area contributed by atoms with Gasteiger partial charge in [0.1, 0.15) is 0 Å². The third-order valence-electron chi connectivity index (χ3n) is 3.10. The van der Waals surface area contributed by atoms with Gasteiger partial charge in [-0.15, -0.1) is 0 Å². The van der Waals surface area contributed by atoms with Gasteiger partial charge in [0.2, 0.25) is 5.91 Å². The Kier molecular flexibility index (Phi) is 3.45. The van der Waals surface area contributed by atoms with Crippen molar-refractivity contribution in [2.24, 2.45) is 13.0 Å². The van der Waals surface area contributed by atoms with Crippen molar-refractivity contribution in [3.8, 4) is 0 Å². The molecule has 1 aliphatic heterocycles. The molecule has 1 fully saturated rings. The van der Waals surface area contributed by atoms with E-state index in [0.29, 0.717) is 19.5 Å². The van der Waals surface area contributed by atoms with Crippen LogP contribution in [0.15, 0.2) is 18.3 Å². The molecule has 0 saturated carbocycles. The highest BCUT2D eigenvalue weighted by Crippen LogP contribution is 2.16. The minimum Gasteiger partial charge on any atom is -0.481 e. The van der Waals surface area contributed by atoms with E-state index in [4.69, 9.17) is 5.11 Å². The molecule has 1 aromatic heterocycles. The number of carboxylic acid groups (broad SMARTS) is 1. The Morgan fingerprint density at radius 2 is 2.33 bits per heavy atom. The van der Waals surface area contributed by atoms with Crippen LogP contribution < -0.4 is 0 Å². The summed E-state index contributed by atoms with van der Waals surface area (Å²) in [5, 5.41) is 12.9. The van der Waals surface area contributed by atoms with Crippen LogP contribution in [0.5, 0.6) is 0 Å². The summed E-state index contributed by atoms with van der Waals surface area (Å²) in [4.78, 5) is 24.2. The maximum Gasteiger partial charge on any atom is 0.308 e. The average Bonchev–Trinajstić information content (AvgIpc) is 2.94. The molecule has 0 radical (unpaired) electrons. The van der Waals surface area contributed by atoms with E-state index in [1.54, 1.807) is 35.0 Å². The summed E-state index contributed by atoms with van der Waals surface area (Å²) in [6.07, 6.45) is 5.33. The lowest BCUT2D eigenvalue weighted by Crippen LogP contribution is -2.28. The highest BCUT2D eigenvalue weighted by molar-refractivity contribution is 5.92. The smallest absolute Gasteiger partial charge is 0.308 e. The van der Waals surface area contributed by atoms with Gasteiger partial charge in [-0.05, 0) is 18.6 Å². The lowest BCUT2D eigenvalue weighted by molar-refractivity contribution is -0.141. The van der Waals surface area contributed by atoms with Gasteiger partial charge < -0.3 is 10.0 Å². The van der Waals surface area contributed by atoms with Gasteiger partial charge in [-0.1, -0.05) is 0 Å². The molecule has 1 aromatic rings. The number of aromatic nitrogens is 2.